The van der Waals surface area contributed by atoms with E-state index in [0.29, 0.717) is 23.6 Å². The van der Waals surface area contributed by atoms with Crippen molar-refractivity contribution in [3.63, 3.8) is 0 Å². The van der Waals surface area contributed by atoms with Gasteiger partial charge in [0.2, 0.25) is 20.0 Å². The van der Waals surface area contributed by atoms with Crippen LogP contribution in [0.3, 0.4) is 0 Å². The van der Waals surface area contributed by atoms with Crippen molar-refractivity contribution in [2.45, 2.75) is 47.6 Å². The first-order valence-corrected chi connectivity index (χ1v) is 14.4. The fourth-order valence-corrected chi connectivity index (χ4v) is 8.09. The minimum atomic E-state index is -3.91. The summed E-state index contributed by atoms with van der Waals surface area (Å²) < 4.78 is 58.6. The van der Waals surface area contributed by atoms with Crippen LogP contribution < -0.4 is 4.72 Å². The molecule has 8 nitrogen and oxygen atoms in total. The maximum Gasteiger partial charge on any atom is 0.243 e. The van der Waals surface area contributed by atoms with Gasteiger partial charge < -0.3 is 0 Å². The van der Waals surface area contributed by atoms with E-state index in [2.05, 4.69) is 14.7 Å². The summed E-state index contributed by atoms with van der Waals surface area (Å²) in [4.78, 5) is 8.51. The second kappa shape index (κ2) is 9.27. The first-order chi connectivity index (χ1) is 16.8. The molecule has 0 bridgehead atoms. The molecule has 5 rings (SSSR count). The van der Waals surface area contributed by atoms with Gasteiger partial charge in [-0.2, -0.15) is 4.31 Å². The lowest BCUT2D eigenvalue weighted by atomic mass is 9.91. The Bertz CT molecular complexity index is 1600. The van der Waals surface area contributed by atoms with Crippen molar-refractivity contribution in [1.82, 2.24) is 19.0 Å². The van der Waals surface area contributed by atoms with Crippen LogP contribution in [0.15, 0.2) is 83.1 Å². The standard InChI is InChI=1S/C25H26N4O4S2/c1-29(35(32,33)25-11-5-7-19-17-27-15-13-21(19)25)23-9-3-2-8-22(23)28-34(30,31)24-10-4-6-18-16-26-14-12-20(18)24/h4-7,10-17,22-23,28H,2-3,8-9H2,1H3. The third-order valence-corrected chi connectivity index (χ3v) is 10.2. The largest absolute Gasteiger partial charge is 0.264 e. The van der Waals surface area contributed by atoms with Gasteiger partial charge in [-0.3, -0.25) is 9.97 Å². The first kappa shape index (κ1) is 23.8. The molecule has 0 radical (unpaired) electrons. The molecule has 1 aliphatic carbocycles. The van der Waals surface area contributed by atoms with Crippen LogP contribution >= 0.6 is 0 Å². The van der Waals surface area contributed by atoms with Gasteiger partial charge in [0.15, 0.2) is 0 Å². The number of hydrogen-bond donors (Lipinski definition) is 1. The highest BCUT2D eigenvalue weighted by Gasteiger charge is 2.38. The van der Waals surface area contributed by atoms with Gasteiger partial charge in [-0.25, -0.2) is 21.6 Å². The second-order valence-electron chi connectivity index (χ2n) is 8.81. The lowest BCUT2D eigenvalue weighted by molar-refractivity contribution is 0.240. The molecule has 0 aliphatic heterocycles. The van der Waals surface area contributed by atoms with Gasteiger partial charge in [0, 0.05) is 65.5 Å². The molecule has 2 aromatic heterocycles. The molecule has 0 amide bonds. The van der Waals surface area contributed by atoms with E-state index in [9.17, 15) is 16.8 Å². The van der Waals surface area contributed by atoms with E-state index < -0.39 is 32.1 Å². The summed E-state index contributed by atoms with van der Waals surface area (Å²) in [6, 6.07) is 12.4. The van der Waals surface area contributed by atoms with Gasteiger partial charge in [-0.15, -0.1) is 0 Å². The maximum absolute atomic E-state index is 13.7. The number of hydrogen-bond acceptors (Lipinski definition) is 6. The number of likely N-dealkylation sites (N-methyl/N-ethyl adjacent to an activating group) is 1. The van der Waals surface area contributed by atoms with Crippen LogP contribution in [0.1, 0.15) is 25.7 Å². The van der Waals surface area contributed by atoms with Crippen molar-refractivity contribution >= 4 is 41.6 Å². The Hall–Kier alpha value is -2.92. The average molecular weight is 511 g/mol. The summed E-state index contributed by atoms with van der Waals surface area (Å²) in [5, 5.41) is 2.62. The van der Waals surface area contributed by atoms with Gasteiger partial charge in [0.25, 0.3) is 0 Å². The summed E-state index contributed by atoms with van der Waals surface area (Å²) in [6.45, 7) is 0. The molecule has 182 valence electrons. The highest BCUT2D eigenvalue weighted by atomic mass is 32.2. The summed E-state index contributed by atoms with van der Waals surface area (Å²) in [6.07, 6.45) is 9.14. The van der Waals surface area contributed by atoms with E-state index >= 15 is 0 Å². The minimum absolute atomic E-state index is 0.161. The van der Waals surface area contributed by atoms with Crippen LogP contribution in [0.5, 0.6) is 0 Å². The number of benzene rings is 2. The smallest absolute Gasteiger partial charge is 0.243 e. The van der Waals surface area contributed by atoms with Gasteiger partial charge >= 0.3 is 0 Å². The minimum Gasteiger partial charge on any atom is -0.264 e. The number of pyridine rings is 2. The highest BCUT2D eigenvalue weighted by Crippen LogP contribution is 2.31. The monoisotopic (exact) mass is 510 g/mol. The van der Waals surface area contributed by atoms with Crippen molar-refractivity contribution in [3.05, 3.63) is 73.3 Å². The van der Waals surface area contributed by atoms with E-state index in [-0.39, 0.29) is 9.79 Å². The lowest BCUT2D eigenvalue weighted by Gasteiger charge is -2.37. The molecule has 0 saturated heterocycles. The van der Waals surface area contributed by atoms with Crippen LogP contribution in [0.2, 0.25) is 0 Å². The third kappa shape index (κ3) is 4.42. The normalized spacial score (nSPS) is 19.4. The predicted octanol–water partition coefficient (Wildman–Crippen LogP) is 3.69. The SMILES string of the molecule is CN(C1CCCCC1NS(=O)(=O)c1cccc2cnccc12)S(=O)(=O)c1cccc2cnccc12. The number of sulfonamides is 2. The summed E-state index contributed by atoms with van der Waals surface area (Å²) in [7, 11) is -6.26. The average Bonchev–Trinajstić information content (AvgIpc) is 2.87. The molecular weight excluding hydrogens is 484 g/mol. The Balaban J connectivity index is 1.49. The Morgan fingerprint density at radius 1 is 0.800 bits per heavy atom. The van der Waals surface area contributed by atoms with Crippen LogP contribution in [0.4, 0.5) is 0 Å². The Kier molecular flexibility index (Phi) is 6.30. The van der Waals surface area contributed by atoms with Crippen molar-refractivity contribution in [2.75, 3.05) is 7.05 Å². The predicted molar refractivity (Wildman–Crippen MR) is 135 cm³/mol. The Labute approximate surface area is 205 Å². The number of rotatable bonds is 6. The molecule has 1 fully saturated rings. The van der Waals surface area contributed by atoms with Gasteiger partial charge in [0.05, 0.1) is 9.79 Å². The van der Waals surface area contributed by atoms with E-state index in [1.807, 2.05) is 12.1 Å². The Morgan fingerprint density at radius 2 is 1.37 bits per heavy atom. The summed E-state index contributed by atoms with van der Waals surface area (Å²) in [5.41, 5.74) is 0. The van der Waals surface area contributed by atoms with E-state index in [0.717, 1.165) is 23.6 Å². The van der Waals surface area contributed by atoms with Gasteiger partial charge in [0.1, 0.15) is 0 Å². The van der Waals surface area contributed by atoms with Crippen molar-refractivity contribution < 1.29 is 16.8 Å². The molecule has 4 aromatic rings. The molecule has 2 aromatic carbocycles. The summed E-state index contributed by atoms with van der Waals surface area (Å²) in [5.74, 6) is 0. The molecule has 0 spiro atoms. The molecule has 1 saturated carbocycles. The second-order valence-corrected chi connectivity index (χ2v) is 12.5. The molecule has 35 heavy (non-hydrogen) atoms. The zero-order valence-electron chi connectivity index (χ0n) is 19.2. The third-order valence-electron chi connectivity index (χ3n) is 6.73. The molecule has 2 atom stereocenters. The van der Waals surface area contributed by atoms with Crippen molar-refractivity contribution in [2.24, 2.45) is 0 Å². The van der Waals surface area contributed by atoms with Gasteiger partial charge in [-0.05, 0) is 37.1 Å². The van der Waals surface area contributed by atoms with Crippen molar-refractivity contribution in [1.29, 1.82) is 0 Å². The topological polar surface area (TPSA) is 109 Å². The fourth-order valence-electron chi connectivity index (χ4n) is 4.93. The summed E-state index contributed by atoms with van der Waals surface area (Å²) >= 11 is 0. The zero-order chi connectivity index (χ0) is 24.6. The maximum atomic E-state index is 13.7. The number of fused-ring (bicyclic) bond motifs is 2. The van der Waals surface area contributed by atoms with Gasteiger partial charge in [-0.1, -0.05) is 37.1 Å². The molecule has 2 unspecified atom stereocenters. The van der Waals surface area contributed by atoms with Crippen molar-refractivity contribution in [3.8, 4) is 0 Å². The lowest BCUT2D eigenvalue weighted by Crippen LogP contribution is -2.53. The van der Waals surface area contributed by atoms with E-state index in [4.69, 9.17) is 0 Å². The van der Waals surface area contributed by atoms with Crippen LogP contribution in [0.25, 0.3) is 21.5 Å². The molecule has 10 heteroatoms. The van der Waals surface area contributed by atoms with E-state index in [1.54, 1.807) is 61.2 Å². The van der Waals surface area contributed by atoms with Crippen LogP contribution in [-0.4, -0.2) is 50.2 Å². The highest BCUT2D eigenvalue weighted by molar-refractivity contribution is 7.90. The number of nitrogens with zero attached hydrogens (tertiary/aromatic N) is 3. The van der Waals surface area contributed by atoms with Crippen LogP contribution in [0, 0.1) is 0 Å². The molecule has 1 N–H and O–H groups in total. The molecule has 1 aliphatic rings. The zero-order valence-corrected chi connectivity index (χ0v) is 20.8. The quantitative estimate of drug-likeness (QED) is 0.424. The first-order valence-electron chi connectivity index (χ1n) is 11.4. The van der Waals surface area contributed by atoms with Crippen LogP contribution in [-0.2, 0) is 20.0 Å². The number of aromatic nitrogens is 2. The molecular formula is C25H26N4O4S2. The van der Waals surface area contributed by atoms with E-state index in [1.165, 1.54) is 11.4 Å². The number of nitrogens with one attached hydrogen (secondary N) is 1. The molecule has 2 heterocycles. The fraction of sp³-hybridized carbons (Fsp3) is 0.280. The Morgan fingerprint density at radius 3 is 2.03 bits per heavy atom.